The van der Waals surface area contributed by atoms with Crippen LogP contribution in [0.5, 0.6) is 0 Å². The maximum Gasteiger partial charge on any atom is 0.261 e. The molecule has 0 fully saturated rings. The van der Waals surface area contributed by atoms with E-state index in [-0.39, 0.29) is 11.9 Å². The Balaban J connectivity index is 1.74. The predicted octanol–water partition coefficient (Wildman–Crippen LogP) is 5.99. The molecular formula is C20H22Cl2N4OS2. The molecule has 0 radical (unpaired) electrons. The highest BCUT2D eigenvalue weighted by Gasteiger charge is 2.23. The van der Waals surface area contributed by atoms with E-state index in [1.807, 2.05) is 41.3 Å². The summed E-state index contributed by atoms with van der Waals surface area (Å²) in [6.07, 6.45) is 0.778. The summed E-state index contributed by atoms with van der Waals surface area (Å²) >= 11 is 15.1. The lowest BCUT2D eigenvalue weighted by Crippen LogP contribution is -2.30. The first-order chi connectivity index (χ1) is 13.8. The summed E-state index contributed by atoms with van der Waals surface area (Å²) < 4.78 is 1.95. The van der Waals surface area contributed by atoms with Crippen molar-refractivity contribution in [3.05, 3.63) is 62.0 Å². The van der Waals surface area contributed by atoms with Crippen LogP contribution in [0, 0.1) is 5.92 Å². The molecule has 1 atom stereocenters. The van der Waals surface area contributed by atoms with Crippen LogP contribution in [0.15, 0.2) is 40.9 Å². The number of hydrogen-bond acceptors (Lipinski definition) is 5. The summed E-state index contributed by atoms with van der Waals surface area (Å²) in [6.45, 7) is 4.25. The number of hydrogen-bond donors (Lipinski definition) is 1. The second-order valence-electron chi connectivity index (χ2n) is 7.07. The topological polar surface area (TPSA) is 59.8 Å². The zero-order chi connectivity index (χ0) is 21.0. The monoisotopic (exact) mass is 468 g/mol. The second-order valence-corrected chi connectivity index (χ2v) is 9.77. The van der Waals surface area contributed by atoms with Gasteiger partial charge in [-0.1, -0.05) is 60.9 Å². The molecule has 0 spiro atoms. The SMILES string of the molecule is CC(C)C[C@@H](NC(=O)c1cccs1)c1nnc(SCc2ccc(Cl)c(Cl)c2)n1C. The van der Waals surface area contributed by atoms with E-state index in [0.717, 1.165) is 23.0 Å². The van der Waals surface area contributed by atoms with Crippen molar-refractivity contribution in [3.8, 4) is 0 Å². The number of benzene rings is 1. The molecule has 0 aliphatic heterocycles. The molecule has 0 bridgehead atoms. The maximum atomic E-state index is 12.6. The molecule has 154 valence electrons. The number of aromatic nitrogens is 3. The molecule has 3 aromatic rings. The molecule has 0 unspecified atom stereocenters. The van der Waals surface area contributed by atoms with Crippen LogP contribution in [0.3, 0.4) is 0 Å². The molecule has 0 saturated carbocycles. The third-order valence-electron chi connectivity index (χ3n) is 4.29. The van der Waals surface area contributed by atoms with Gasteiger partial charge in [-0.2, -0.15) is 0 Å². The van der Waals surface area contributed by atoms with Gasteiger partial charge in [0.1, 0.15) is 0 Å². The Morgan fingerprint density at radius 3 is 2.69 bits per heavy atom. The Morgan fingerprint density at radius 1 is 1.24 bits per heavy atom. The zero-order valence-corrected chi connectivity index (χ0v) is 19.5. The van der Waals surface area contributed by atoms with E-state index in [0.29, 0.717) is 26.6 Å². The first-order valence-electron chi connectivity index (χ1n) is 9.15. The molecule has 2 heterocycles. The fourth-order valence-corrected chi connectivity index (χ4v) is 4.68. The summed E-state index contributed by atoms with van der Waals surface area (Å²) in [4.78, 5) is 13.3. The van der Waals surface area contributed by atoms with Gasteiger partial charge in [-0.3, -0.25) is 4.79 Å². The molecule has 0 aliphatic rings. The minimum Gasteiger partial charge on any atom is -0.341 e. The van der Waals surface area contributed by atoms with Crippen LogP contribution < -0.4 is 5.32 Å². The van der Waals surface area contributed by atoms with Gasteiger partial charge >= 0.3 is 0 Å². The minimum atomic E-state index is -0.207. The summed E-state index contributed by atoms with van der Waals surface area (Å²) in [5.41, 5.74) is 1.05. The normalized spacial score (nSPS) is 12.3. The molecule has 2 aromatic heterocycles. The standard InChI is InChI=1S/C20H22Cl2N4OS2/c1-12(2)9-16(23-19(27)17-5-4-8-28-17)18-24-25-20(26(18)3)29-11-13-6-7-14(21)15(22)10-13/h4-8,10,12,16H,9,11H2,1-3H3,(H,23,27)/t16-/m1/s1. The molecule has 5 nitrogen and oxygen atoms in total. The molecule has 1 N–H and O–H groups in total. The molecule has 3 rings (SSSR count). The van der Waals surface area contributed by atoms with E-state index in [9.17, 15) is 4.79 Å². The number of rotatable bonds is 8. The molecule has 1 aromatic carbocycles. The average molecular weight is 469 g/mol. The van der Waals surface area contributed by atoms with Crippen LogP contribution in [0.25, 0.3) is 0 Å². The Hall–Kier alpha value is -1.54. The lowest BCUT2D eigenvalue weighted by atomic mass is 10.0. The summed E-state index contributed by atoms with van der Waals surface area (Å²) in [7, 11) is 1.93. The quantitative estimate of drug-likeness (QED) is 0.412. The molecule has 29 heavy (non-hydrogen) atoms. The lowest BCUT2D eigenvalue weighted by Gasteiger charge is -2.19. The first kappa shape index (κ1) is 22.2. The molecule has 0 aliphatic carbocycles. The van der Waals surface area contributed by atoms with Gasteiger partial charge in [-0.25, -0.2) is 0 Å². The number of thiophene rings is 1. The average Bonchev–Trinajstić information content (AvgIpc) is 3.32. The number of thioether (sulfide) groups is 1. The van der Waals surface area contributed by atoms with E-state index in [2.05, 4.69) is 29.4 Å². The van der Waals surface area contributed by atoms with Crippen molar-refractivity contribution in [1.29, 1.82) is 0 Å². The first-order valence-corrected chi connectivity index (χ1v) is 11.8. The van der Waals surface area contributed by atoms with Gasteiger partial charge in [0.15, 0.2) is 11.0 Å². The van der Waals surface area contributed by atoms with E-state index in [1.165, 1.54) is 11.3 Å². The smallest absolute Gasteiger partial charge is 0.261 e. The van der Waals surface area contributed by atoms with Crippen molar-refractivity contribution in [2.24, 2.45) is 13.0 Å². The van der Waals surface area contributed by atoms with Crippen LogP contribution in [0.2, 0.25) is 10.0 Å². The second kappa shape index (κ2) is 9.98. The number of halogens is 2. The van der Waals surface area contributed by atoms with Crippen molar-refractivity contribution in [2.45, 2.75) is 37.2 Å². The van der Waals surface area contributed by atoms with Gasteiger partial charge in [-0.05, 0) is 41.5 Å². The fraction of sp³-hybridized carbons (Fsp3) is 0.350. The highest BCUT2D eigenvalue weighted by atomic mass is 35.5. The fourth-order valence-electron chi connectivity index (χ4n) is 2.87. The van der Waals surface area contributed by atoms with Crippen molar-refractivity contribution in [1.82, 2.24) is 20.1 Å². The molecular weight excluding hydrogens is 447 g/mol. The van der Waals surface area contributed by atoms with Crippen LogP contribution >= 0.6 is 46.3 Å². The largest absolute Gasteiger partial charge is 0.341 e. The van der Waals surface area contributed by atoms with Gasteiger partial charge < -0.3 is 9.88 Å². The third kappa shape index (κ3) is 5.75. The minimum absolute atomic E-state index is 0.0846. The third-order valence-corrected chi connectivity index (χ3v) is 6.99. The zero-order valence-electron chi connectivity index (χ0n) is 16.4. The van der Waals surface area contributed by atoms with E-state index >= 15 is 0 Å². The number of nitrogens with zero attached hydrogens (tertiary/aromatic N) is 3. The van der Waals surface area contributed by atoms with Gasteiger partial charge in [0, 0.05) is 12.8 Å². The van der Waals surface area contributed by atoms with Crippen molar-refractivity contribution in [2.75, 3.05) is 0 Å². The van der Waals surface area contributed by atoms with Gasteiger partial charge in [0.2, 0.25) is 0 Å². The maximum absolute atomic E-state index is 12.6. The Bertz CT molecular complexity index is 973. The summed E-state index contributed by atoms with van der Waals surface area (Å²) in [6, 6.07) is 9.08. The highest BCUT2D eigenvalue weighted by Crippen LogP contribution is 2.29. The summed E-state index contributed by atoms with van der Waals surface area (Å²) in [5.74, 6) is 1.76. The van der Waals surface area contributed by atoms with E-state index in [1.54, 1.807) is 17.8 Å². The van der Waals surface area contributed by atoms with Crippen molar-refractivity contribution in [3.63, 3.8) is 0 Å². The Kier molecular flexibility index (Phi) is 7.62. The number of amides is 1. The van der Waals surface area contributed by atoms with Gasteiger partial charge in [0.05, 0.1) is 21.0 Å². The Morgan fingerprint density at radius 2 is 2.03 bits per heavy atom. The van der Waals surface area contributed by atoms with Crippen LogP contribution in [0.4, 0.5) is 0 Å². The summed E-state index contributed by atoms with van der Waals surface area (Å²) in [5, 5.41) is 15.6. The lowest BCUT2D eigenvalue weighted by molar-refractivity contribution is 0.0933. The van der Waals surface area contributed by atoms with Crippen molar-refractivity contribution >= 4 is 52.2 Å². The van der Waals surface area contributed by atoms with Crippen LogP contribution in [0.1, 0.15) is 47.4 Å². The Labute approximate surface area is 188 Å². The molecule has 9 heteroatoms. The van der Waals surface area contributed by atoms with Gasteiger partial charge in [0.25, 0.3) is 5.91 Å². The van der Waals surface area contributed by atoms with E-state index in [4.69, 9.17) is 23.2 Å². The number of carbonyl (C=O) groups excluding carboxylic acids is 1. The molecule has 0 saturated heterocycles. The van der Waals surface area contributed by atoms with Crippen LogP contribution in [-0.2, 0) is 12.8 Å². The predicted molar refractivity (Wildman–Crippen MR) is 121 cm³/mol. The number of nitrogens with one attached hydrogen (secondary N) is 1. The molecule has 1 amide bonds. The van der Waals surface area contributed by atoms with Gasteiger partial charge in [-0.15, -0.1) is 21.5 Å². The number of carbonyl (C=O) groups is 1. The van der Waals surface area contributed by atoms with Crippen LogP contribution in [-0.4, -0.2) is 20.7 Å². The van der Waals surface area contributed by atoms with E-state index < -0.39 is 0 Å². The highest BCUT2D eigenvalue weighted by molar-refractivity contribution is 7.98. The van der Waals surface area contributed by atoms with Crippen molar-refractivity contribution < 1.29 is 4.79 Å².